The van der Waals surface area contributed by atoms with Crippen molar-refractivity contribution in [3.63, 3.8) is 0 Å². The summed E-state index contributed by atoms with van der Waals surface area (Å²) in [6, 6.07) is 5.33. The predicted octanol–water partition coefficient (Wildman–Crippen LogP) is 4.63. The van der Waals surface area contributed by atoms with Crippen LogP contribution in [0, 0.1) is 5.82 Å². The third-order valence-corrected chi connectivity index (χ3v) is 3.37. The Morgan fingerprint density at radius 3 is 2.29 bits per heavy atom. The van der Waals surface area contributed by atoms with Crippen molar-refractivity contribution in [3.8, 4) is 0 Å². The van der Waals surface area contributed by atoms with Gasteiger partial charge >= 0.3 is 6.18 Å². The second kappa shape index (κ2) is 5.79. The molecule has 112 valence electrons. The van der Waals surface area contributed by atoms with Gasteiger partial charge in [0.05, 0.1) is 0 Å². The molecule has 0 amide bonds. The topological polar surface area (TPSA) is 33.1 Å². The van der Waals surface area contributed by atoms with Gasteiger partial charge in [-0.15, -0.1) is 0 Å². The molecule has 21 heavy (non-hydrogen) atoms. The number of alkyl halides is 3. The third kappa shape index (κ3) is 3.28. The molecule has 8 heteroatoms. The maximum atomic E-state index is 13.7. The minimum Gasteiger partial charge on any atom is -0.383 e. The summed E-state index contributed by atoms with van der Waals surface area (Å²) in [6.07, 6.45) is -6.29. The van der Waals surface area contributed by atoms with Crippen molar-refractivity contribution in [2.24, 2.45) is 0 Å². The first-order valence-corrected chi connectivity index (χ1v) is 6.33. The highest BCUT2D eigenvalue weighted by molar-refractivity contribution is 6.31. The maximum absolute atomic E-state index is 13.7. The van der Waals surface area contributed by atoms with Crippen LogP contribution in [0.4, 0.5) is 17.6 Å². The van der Waals surface area contributed by atoms with E-state index in [1.54, 1.807) is 0 Å². The van der Waals surface area contributed by atoms with Crippen molar-refractivity contribution in [2.75, 3.05) is 0 Å². The van der Waals surface area contributed by atoms with Crippen molar-refractivity contribution in [1.82, 2.24) is 4.98 Å². The summed E-state index contributed by atoms with van der Waals surface area (Å²) in [4.78, 5) is 3.17. The number of halogens is 6. The number of hydrogen-bond acceptors (Lipinski definition) is 2. The smallest absolute Gasteiger partial charge is 0.383 e. The lowest BCUT2D eigenvalue weighted by Crippen LogP contribution is -2.11. The monoisotopic (exact) mass is 339 g/mol. The van der Waals surface area contributed by atoms with Crippen LogP contribution < -0.4 is 0 Å². The van der Waals surface area contributed by atoms with E-state index in [9.17, 15) is 22.7 Å². The normalized spacial score (nSPS) is 13.3. The minimum absolute atomic E-state index is 0.0709. The number of aliphatic hydroxyl groups is 1. The Morgan fingerprint density at radius 1 is 1.10 bits per heavy atom. The van der Waals surface area contributed by atoms with E-state index in [-0.39, 0.29) is 16.1 Å². The second-order valence-electron chi connectivity index (χ2n) is 4.11. The highest BCUT2D eigenvalue weighted by atomic mass is 35.5. The summed E-state index contributed by atoms with van der Waals surface area (Å²) in [5, 5.41) is 9.45. The summed E-state index contributed by atoms with van der Waals surface area (Å²) in [7, 11) is 0. The SMILES string of the molecule is OC(c1ccc(C(F)(F)F)nc1Cl)c1c(F)cccc1Cl. The number of rotatable bonds is 2. The highest BCUT2D eigenvalue weighted by Gasteiger charge is 2.33. The fourth-order valence-electron chi connectivity index (χ4n) is 1.73. The molecule has 1 atom stereocenters. The molecule has 0 aliphatic rings. The van der Waals surface area contributed by atoms with Crippen LogP contribution in [0.3, 0.4) is 0 Å². The zero-order chi connectivity index (χ0) is 15.8. The number of nitrogens with zero attached hydrogens (tertiary/aromatic N) is 1. The molecule has 0 saturated carbocycles. The molecule has 0 aliphatic heterocycles. The summed E-state index contributed by atoms with van der Waals surface area (Å²) in [5.41, 5.74) is -1.65. The second-order valence-corrected chi connectivity index (χ2v) is 4.88. The van der Waals surface area contributed by atoms with Crippen LogP contribution in [-0.4, -0.2) is 10.1 Å². The molecule has 1 heterocycles. The average Bonchev–Trinajstić information content (AvgIpc) is 2.37. The van der Waals surface area contributed by atoms with Gasteiger partial charge in [0.25, 0.3) is 0 Å². The van der Waals surface area contributed by atoms with Crippen LogP contribution in [0.2, 0.25) is 10.2 Å². The van der Waals surface area contributed by atoms with Gasteiger partial charge in [-0.3, -0.25) is 0 Å². The predicted molar refractivity (Wildman–Crippen MR) is 69.7 cm³/mol. The van der Waals surface area contributed by atoms with E-state index in [2.05, 4.69) is 4.98 Å². The Bertz CT molecular complexity index is 655. The van der Waals surface area contributed by atoms with Crippen molar-refractivity contribution < 1.29 is 22.7 Å². The molecule has 0 spiro atoms. The van der Waals surface area contributed by atoms with E-state index in [1.807, 2.05) is 0 Å². The molecule has 0 saturated heterocycles. The summed E-state index contributed by atoms with van der Waals surface area (Å²) < 4.78 is 51.2. The van der Waals surface area contributed by atoms with Gasteiger partial charge in [-0.2, -0.15) is 13.2 Å². The fourth-order valence-corrected chi connectivity index (χ4v) is 2.26. The van der Waals surface area contributed by atoms with Crippen LogP contribution in [-0.2, 0) is 6.18 Å². The Labute approximate surface area is 127 Å². The molecule has 0 bridgehead atoms. The standard InChI is InChI=1S/C13H7Cl2F4NO/c14-7-2-1-3-8(16)10(7)11(21)6-4-5-9(13(17,18)19)20-12(6)15/h1-5,11,21H. The number of pyridine rings is 1. The molecule has 1 aromatic carbocycles. The van der Waals surface area contributed by atoms with Gasteiger partial charge in [0.1, 0.15) is 22.8 Å². The molecule has 0 radical (unpaired) electrons. The summed E-state index contributed by atoms with van der Waals surface area (Å²) in [5.74, 6) is -0.800. The quantitative estimate of drug-likeness (QED) is 0.639. The lowest BCUT2D eigenvalue weighted by atomic mass is 10.0. The van der Waals surface area contributed by atoms with Gasteiger partial charge in [0, 0.05) is 16.1 Å². The first kappa shape index (κ1) is 16.0. The van der Waals surface area contributed by atoms with Crippen LogP contribution in [0.1, 0.15) is 22.9 Å². The first-order valence-electron chi connectivity index (χ1n) is 5.57. The van der Waals surface area contributed by atoms with Gasteiger partial charge in [0.15, 0.2) is 0 Å². The molecular weight excluding hydrogens is 333 g/mol. The van der Waals surface area contributed by atoms with Crippen molar-refractivity contribution in [3.05, 3.63) is 63.1 Å². The van der Waals surface area contributed by atoms with Gasteiger partial charge in [0.2, 0.25) is 0 Å². The number of aromatic nitrogens is 1. The van der Waals surface area contributed by atoms with E-state index in [0.717, 1.165) is 12.1 Å². The van der Waals surface area contributed by atoms with E-state index in [1.165, 1.54) is 12.1 Å². The van der Waals surface area contributed by atoms with Crippen LogP contribution in [0.25, 0.3) is 0 Å². The van der Waals surface area contributed by atoms with E-state index in [0.29, 0.717) is 6.07 Å². The van der Waals surface area contributed by atoms with E-state index < -0.39 is 28.9 Å². The Morgan fingerprint density at radius 2 is 1.76 bits per heavy atom. The molecule has 0 aliphatic carbocycles. The molecule has 0 fully saturated rings. The number of hydrogen-bond donors (Lipinski definition) is 1. The summed E-state index contributed by atoms with van der Waals surface area (Å²) in [6.45, 7) is 0. The zero-order valence-electron chi connectivity index (χ0n) is 10.1. The first-order chi connectivity index (χ1) is 9.71. The molecule has 1 unspecified atom stereocenters. The lowest BCUT2D eigenvalue weighted by molar-refractivity contribution is -0.141. The third-order valence-electron chi connectivity index (χ3n) is 2.74. The van der Waals surface area contributed by atoms with E-state index >= 15 is 0 Å². The Balaban J connectivity index is 2.47. The zero-order valence-corrected chi connectivity index (χ0v) is 11.6. The molecule has 2 aromatic rings. The Kier molecular flexibility index (Phi) is 4.41. The Hall–Kier alpha value is -1.37. The molecule has 1 N–H and O–H groups in total. The van der Waals surface area contributed by atoms with Crippen LogP contribution in [0.15, 0.2) is 30.3 Å². The maximum Gasteiger partial charge on any atom is 0.433 e. The number of benzene rings is 1. The lowest BCUT2D eigenvalue weighted by Gasteiger charge is -2.16. The molecular formula is C13H7Cl2F4NO. The van der Waals surface area contributed by atoms with Crippen LogP contribution in [0.5, 0.6) is 0 Å². The highest BCUT2D eigenvalue weighted by Crippen LogP contribution is 2.35. The van der Waals surface area contributed by atoms with Gasteiger partial charge in [-0.25, -0.2) is 9.37 Å². The largest absolute Gasteiger partial charge is 0.433 e. The molecule has 1 aromatic heterocycles. The summed E-state index contributed by atoms with van der Waals surface area (Å²) >= 11 is 11.4. The minimum atomic E-state index is -4.66. The van der Waals surface area contributed by atoms with E-state index in [4.69, 9.17) is 23.2 Å². The fraction of sp³-hybridized carbons (Fsp3) is 0.154. The van der Waals surface area contributed by atoms with Gasteiger partial charge in [-0.05, 0) is 18.2 Å². The van der Waals surface area contributed by atoms with Crippen molar-refractivity contribution in [2.45, 2.75) is 12.3 Å². The van der Waals surface area contributed by atoms with Crippen molar-refractivity contribution in [1.29, 1.82) is 0 Å². The number of aliphatic hydroxyl groups excluding tert-OH is 1. The molecule has 2 rings (SSSR count). The van der Waals surface area contributed by atoms with Crippen LogP contribution >= 0.6 is 23.2 Å². The molecule has 2 nitrogen and oxygen atoms in total. The van der Waals surface area contributed by atoms with Gasteiger partial charge in [-0.1, -0.05) is 35.3 Å². The van der Waals surface area contributed by atoms with Crippen molar-refractivity contribution >= 4 is 23.2 Å². The van der Waals surface area contributed by atoms with Gasteiger partial charge < -0.3 is 5.11 Å². The average molecular weight is 340 g/mol.